The summed E-state index contributed by atoms with van der Waals surface area (Å²) in [5.41, 5.74) is 3.33. The largest absolute Gasteiger partial charge is 0.508 e. The van der Waals surface area contributed by atoms with Gasteiger partial charge in [-0.05, 0) is 66.7 Å². The molecule has 0 aliphatic heterocycles. The Balaban J connectivity index is 1.96. The number of phenols is 2. The van der Waals surface area contributed by atoms with Gasteiger partial charge in [0.05, 0.1) is 13.2 Å². The van der Waals surface area contributed by atoms with Crippen LogP contribution in [0.4, 0.5) is 0 Å². The lowest BCUT2D eigenvalue weighted by atomic mass is 10.0. The zero-order chi connectivity index (χ0) is 32.3. The van der Waals surface area contributed by atoms with Gasteiger partial charge in [0.2, 0.25) is 0 Å². The Hall–Kier alpha value is -3.39. The molecule has 0 aliphatic rings. The van der Waals surface area contributed by atoms with Gasteiger partial charge in [-0.2, -0.15) is 0 Å². The molecule has 0 saturated heterocycles. The molecule has 0 heterocycles. The third kappa shape index (κ3) is 9.81. The molecule has 0 spiro atoms. The average molecular weight is 619 g/mol. The van der Waals surface area contributed by atoms with Crippen molar-refractivity contribution < 1.29 is 28.9 Å². The molecule has 0 amide bonds. The van der Waals surface area contributed by atoms with Gasteiger partial charge >= 0.3 is 5.97 Å². The van der Waals surface area contributed by atoms with Crippen molar-refractivity contribution >= 4 is 20.4 Å². The molecule has 0 radical (unpaired) electrons. The monoisotopic (exact) mass is 618 g/mol. The van der Waals surface area contributed by atoms with Crippen LogP contribution in [0.5, 0.6) is 11.5 Å². The highest BCUT2D eigenvalue weighted by Gasteiger charge is 2.37. The summed E-state index contributed by atoms with van der Waals surface area (Å²) in [7, 11) is -2.06. The van der Waals surface area contributed by atoms with Gasteiger partial charge in [0, 0.05) is 5.56 Å². The minimum atomic E-state index is -2.06. The van der Waals surface area contributed by atoms with Crippen LogP contribution in [0.3, 0.4) is 0 Å². The van der Waals surface area contributed by atoms with E-state index in [4.69, 9.17) is 13.9 Å². The van der Waals surface area contributed by atoms with E-state index in [-0.39, 0.29) is 22.1 Å². The van der Waals surface area contributed by atoms with Crippen molar-refractivity contribution in [2.75, 3.05) is 0 Å². The van der Waals surface area contributed by atoms with E-state index in [0.717, 1.165) is 30.4 Å². The van der Waals surface area contributed by atoms with E-state index in [1.54, 1.807) is 25.1 Å². The molecule has 3 aromatic carbocycles. The summed E-state index contributed by atoms with van der Waals surface area (Å²) in [6.07, 6.45) is 6.10. The quantitative estimate of drug-likeness (QED) is 0.100. The Morgan fingerprint density at radius 2 is 1.59 bits per heavy atom. The molecule has 3 aromatic rings. The average Bonchev–Trinajstić information content (AvgIpc) is 2.96. The molecule has 0 unspecified atom stereocenters. The molecule has 3 rings (SSSR count). The second-order valence-electron chi connectivity index (χ2n) is 12.9. The molecule has 0 aromatic heterocycles. The first-order valence-corrected chi connectivity index (χ1v) is 18.5. The topological polar surface area (TPSA) is 85.2 Å². The number of esters is 1. The second kappa shape index (κ2) is 16.1. The van der Waals surface area contributed by atoms with E-state index in [0.29, 0.717) is 30.8 Å². The number of ether oxygens (including phenoxy) is 2. The molecule has 0 saturated carbocycles. The van der Waals surface area contributed by atoms with Gasteiger partial charge in [0.15, 0.2) is 8.32 Å². The molecule has 6 nitrogen and oxygen atoms in total. The summed E-state index contributed by atoms with van der Waals surface area (Å²) in [6, 6.07) is 20.3. The van der Waals surface area contributed by atoms with Gasteiger partial charge in [-0.25, -0.2) is 4.79 Å². The van der Waals surface area contributed by atoms with Crippen LogP contribution in [-0.2, 0) is 27.1 Å². The Kier molecular flexibility index (Phi) is 12.8. The molecule has 2 atom stereocenters. The number of hydrogen-bond donors (Lipinski definition) is 2. The van der Waals surface area contributed by atoms with Crippen molar-refractivity contribution in [3.05, 3.63) is 101 Å². The zero-order valence-corrected chi connectivity index (χ0v) is 28.4. The first kappa shape index (κ1) is 35.1. The van der Waals surface area contributed by atoms with Crippen LogP contribution in [0.1, 0.15) is 86.0 Å². The van der Waals surface area contributed by atoms with Crippen LogP contribution in [0.2, 0.25) is 18.1 Å². The highest BCUT2D eigenvalue weighted by Crippen LogP contribution is 2.38. The Labute approximate surface area is 264 Å². The number of hydrogen-bond acceptors (Lipinski definition) is 6. The van der Waals surface area contributed by atoms with Gasteiger partial charge in [-0.3, -0.25) is 0 Å². The molecule has 238 valence electrons. The van der Waals surface area contributed by atoms with Crippen LogP contribution < -0.4 is 0 Å². The van der Waals surface area contributed by atoms with E-state index < -0.39 is 26.5 Å². The maximum absolute atomic E-state index is 13.4. The number of phenolic OH excluding ortho intramolecular Hbond substituents is 2. The summed E-state index contributed by atoms with van der Waals surface area (Å²) in [6.45, 7) is 15.5. The van der Waals surface area contributed by atoms with Gasteiger partial charge < -0.3 is 24.1 Å². The zero-order valence-electron chi connectivity index (χ0n) is 27.4. The van der Waals surface area contributed by atoms with Gasteiger partial charge in [-0.1, -0.05) is 107 Å². The number of aryl methyl sites for hydroxylation is 1. The lowest BCUT2D eigenvalue weighted by Gasteiger charge is -2.36. The summed E-state index contributed by atoms with van der Waals surface area (Å²) in [5, 5.41) is 21.3. The van der Waals surface area contributed by atoms with Crippen molar-refractivity contribution in [2.45, 2.75) is 104 Å². The van der Waals surface area contributed by atoms with Crippen LogP contribution in [-0.4, -0.2) is 36.7 Å². The lowest BCUT2D eigenvalue weighted by molar-refractivity contribution is -0.0419. The number of rotatable bonds is 15. The number of carbonyl (C=O) groups is 1. The molecule has 44 heavy (non-hydrogen) atoms. The number of aromatic hydroxyl groups is 2. The maximum atomic E-state index is 13.4. The van der Waals surface area contributed by atoms with Crippen LogP contribution in [0.15, 0.2) is 72.8 Å². The van der Waals surface area contributed by atoms with E-state index in [1.807, 2.05) is 54.6 Å². The molecule has 7 heteroatoms. The first-order valence-electron chi connectivity index (χ1n) is 15.6. The van der Waals surface area contributed by atoms with Crippen LogP contribution >= 0.6 is 0 Å². The van der Waals surface area contributed by atoms with E-state index >= 15 is 0 Å². The van der Waals surface area contributed by atoms with Crippen molar-refractivity contribution in [1.29, 1.82) is 0 Å². The van der Waals surface area contributed by atoms with Crippen LogP contribution in [0, 0.1) is 6.92 Å². The number of benzene rings is 3. The SMILES string of the molecule is CCCCC[C@H](OC(=O)c1c(C)cccc1O)[C@@H](/C=C/c1cccc(O)c1CO[Si](C)(C)C(C)(C)C)OCc1ccccc1. The maximum Gasteiger partial charge on any atom is 0.342 e. The van der Waals surface area contributed by atoms with Crippen LogP contribution in [0.25, 0.3) is 6.08 Å². The van der Waals surface area contributed by atoms with E-state index in [2.05, 4.69) is 40.8 Å². The predicted molar refractivity (Wildman–Crippen MR) is 180 cm³/mol. The van der Waals surface area contributed by atoms with Crippen molar-refractivity contribution in [3.8, 4) is 11.5 Å². The summed E-state index contributed by atoms with van der Waals surface area (Å²) in [5.74, 6) is -0.510. The molecule has 0 fully saturated rings. The minimum Gasteiger partial charge on any atom is -0.508 e. The third-order valence-electron chi connectivity index (χ3n) is 8.49. The van der Waals surface area contributed by atoms with E-state index in [9.17, 15) is 15.0 Å². The Morgan fingerprint density at radius 3 is 2.25 bits per heavy atom. The Morgan fingerprint density at radius 1 is 0.909 bits per heavy atom. The summed E-state index contributed by atoms with van der Waals surface area (Å²) < 4.78 is 19.1. The van der Waals surface area contributed by atoms with Gasteiger partial charge in [0.1, 0.15) is 29.3 Å². The minimum absolute atomic E-state index is 0.0326. The van der Waals surface area contributed by atoms with Crippen molar-refractivity contribution in [2.24, 2.45) is 0 Å². The van der Waals surface area contributed by atoms with Crippen molar-refractivity contribution in [3.63, 3.8) is 0 Å². The number of carbonyl (C=O) groups excluding carboxylic acids is 1. The summed E-state index contributed by atoms with van der Waals surface area (Å²) in [4.78, 5) is 13.4. The van der Waals surface area contributed by atoms with Gasteiger partial charge in [0.25, 0.3) is 0 Å². The Bertz CT molecular complexity index is 1360. The third-order valence-corrected chi connectivity index (χ3v) is 13.0. The fourth-order valence-corrected chi connectivity index (χ4v) is 5.56. The molecular formula is C37H50O6Si. The normalized spacial score (nSPS) is 13.6. The highest BCUT2D eigenvalue weighted by atomic mass is 28.4. The second-order valence-corrected chi connectivity index (χ2v) is 17.7. The lowest BCUT2D eigenvalue weighted by Crippen LogP contribution is -2.40. The summed E-state index contributed by atoms with van der Waals surface area (Å²) >= 11 is 0. The fourth-order valence-electron chi connectivity index (χ4n) is 4.63. The smallest absolute Gasteiger partial charge is 0.342 e. The number of unbranched alkanes of at least 4 members (excludes halogenated alkanes) is 2. The molecule has 2 N–H and O–H groups in total. The fraction of sp³-hybridized carbons (Fsp3) is 0.432. The molecule has 0 aliphatic carbocycles. The molecule has 0 bridgehead atoms. The van der Waals surface area contributed by atoms with Crippen molar-refractivity contribution in [1.82, 2.24) is 0 Å². The predicted octanol–water partition coefficient (Wildman–Crippen LogP) is 9.33. The first-order chi connectivity index (χ1) is 20.8. The highest BCUT2D eigenvalue weighted by molar-refractivity contribution is 6.74. The standard InChI is InChI=1S/C37H50O6Si/c1-8-9-11-22-34(43-36(40)35-27(2)16-14-21-32(35)39)33(41-25-28-17-12-10-13-18-28)24-23-29-19-15-20-31(38)30(29)26-42-44(6,7)37(3,4)5/h10,12-21,23-24,33-34,38-39H,8-9,11,22,25-26H2,1-7H3/b24-23+/t33-,34+/m1/s1. The molecular weight excluding hydrogens is 568 g/mol. The van der Waals surface area contributed by atoms with Gasteiger partial charge in [-0.15, -0.1) is 0 Å². The van der Waals surface area contributed by atoms with E-state index in [1.165, 1.54) is 6.07 Å².